The molecule has 19 heavy (non-hydrogen) atoms. The molecule has 0 heterocycles. The van der Waals surface area contributed by atoms with E-state index in [1.54, 1.807) is 25.3 Å². The lowest BCUT2D eigenvalue weighted by atomic mass is 10.1. The van der Waals surface area contributed by atoms with Gasteiger partial charge in [0.2, 0.25) is 0 Å². The maximum Gasteiger partial charge on any atom is 0.338 e. The van der Waals surface area contributed by atoms with E-state index in [4.69, 9.17) is 19.9 Å². The first-order chi connectivity index (χ1) is 8.89. The third-order valence-electron chi connectivity index (χ3n) is 2.96. The first-order valence-electron chi connectivity index (χ1n) is 6.05. The van der Waals surface area contributed by atoms with Gasteiger partial charge in [-0.05, 0) is 32.0 Å². The van der Waals surface area contributed by atoms with Gasteiger partial charge in [-0.25, -0.2) is 4.79 Å². The van der Waals surface area contributed by atoms with Gasteiger partial charge in [-0.2, -0.15) is 0 Å². The Kier molecular flexibility index (Phi) is 5.18. The molecule has 5 heteroatoms. The van der Waals surface area contributed by atoms with Gasteiger partial charge in [0.1, 0.15) is 5.75 Å². The first kappa shape index (κ1) is 15.3. The number of nitrogens with two attached hydrogens (primary N) is 1. The summed E-state index contributed by atoms with van der Waals surface area (Å²) in [7, 11) is 3.13. The van der Waals surface area contributed by atoms with E-state index >= 15 is 0 Å². The molecule has 0 aliphatic carbocycles. The van der Waals surface area contributed by atoms with Crippen molar-refractivity contribution >= 4 is 11.7 Å². The molecule has 0 radical (unpaired) electrons. The summed E-state index contributed by atoms with van der Waals surface area (Å²) < 4.78 is 15.5. The number of hydrogen-bond acceptors (Lipinski definition) is 5. The van der Waals surface area contributed by atoms with Crippen molar-refractivity contribution in [3.63, 3.8) is 0 Å². The Morgan fingerprint density at radius 2 is 2.00 bits per heavy atom. The van der Waals surface area contributed by atoms with Crippen molar-refractivity contribution in [3.05, 3.63) is 23.8 Å². The number of nitrogen functional groups attached to an aromatic ring is 1. The van der Waals surface area contributed by atoms with Crippen LogP contribution in [-0.4, -0.2) is 32.4 Å². The molecule has 0 saturated carbocycles. The molecule has 0 aliphatic rings. The van der Waals surface area contributed by atoms with Crippen LogP contribution in [0.2, 0.25) is 0 Å². The number of methoxy groups -OCH3 is 2. The predicted molar refractivity (Wildman–Crippen MR) is 73.4 cm³/mol. The van der Waals surface area contributed by atoms with Crippen molar-refractivity contribution in [2.75, 3.05) is 26.6 Å². The van der Waals surface area contributed by atoms with E-state index in [-0.39, 0.29) is 5.60 Å². The monoisotopic (exact) mass is 267 g/mol. The SMILES string of the molecule is COc1cc(C(=O)OCCC(C)(C)OC)ccc1N. The van der Waals surface area contributed by atoms with Crippen LogP contribution in [0.1, 0.15) is 30.6 Å². The number of carbonyl (C=O) groups excluding carboxylic acids is 1. The summed E-state index contributed by atoms with van der Waals surface area (Å²) in [5, 5.41) is 0. The van der Waals surface area contributed by atoms with Crippen molar-refractivity contribution in [3.8, 4) is 5.75 Å². The second-order valence-electron chi connectivity index (χ2n) is 4.81. The topological polar surface area (TPSA) is 70.8 Å². The molecule has 1 aromatic rings. The Morgan fingerprint density at radius 3 is 2.58 bits per heavy atom. The highest BCUT2D eigenvalue weighted by atomic mass is 16.5. The van der Waals surface area contributed by atoms with Gasteiger partial charge in [-0.1, -0.05) is 0 Å². The fourth-order valence-corrected chi connectivity index (χ4v) is 1.41. The zero-order valence-electron chi connectivity index (χ0n) is 11.9. The molecule has 0 unspecified atom stereocenters. The van der Waals surface area contributed by atoms with Crippen LogP contribution in [0.4, 0.5) is 5.69 Å². The van der Waals surface area contributed by atoms with Gasteiger partial charge >= 0.3 is 5.97 Å². The molecular weight excluding hydrogens is 246 g/mol. The number of rotatable bonds is 6. The summed E-state index contributed by atoms with van der Waals surface area (Å²) in [6, 6.07) is 4.80. The van der Waals surface area contributed by atoms with Gasteiger partial charge < -0.3 is 19.9 Å². The molecule has 2 N–H and O–H groups in total. The Hall–Kier alpha value is -1.75. The highest BCUT2D eigenvalue weighted by molar-refractivity contribution is 5.90. The van der Waals surface area contributed by atoms with Crippen molar-refractivity contribution in [1.29, 1.82) is 0 Å². The number of benzene rings is 1. The van der Waals surface area contributed by atoms with E-state index in [0.29, 0.717) is 30.0 Å². The van der Waals surface area contributed by atoms with Crippen molar-refractivity contribution in [2.24, 2.45) is 0 Å². The lowest BCUT2D eigenvalue weighted by Crippen LogP contribution is -2.25. The first-order valence-corrected chi connectivity index (χ1v) is 6.05. The molecule has 5 nitrogen and oxygen atoms in total. The van der Waals surface area contributed by atoms with E-state index in [1.165, 1.54) is 7.11 Å². The zero-order valence-corrected chi connectivity index (χ0v) is 11.9. The van der Waals surface area contributed by atoms with Gasteiger partial charge in [0.05, 0.1) is 30.6 Å². The second kappa shape index (κ2) is 6.43. The zero-order chi connectivity index (χ0) is 14.5. The second-order valence-corrected chi connectivity index (χ2v) is 4.81. The van der Waals surface area contributed by atoms with Crippen molar-refractivity contribution in [2.45, 2.75) is 25.9 Å². The summed E-state index contributed by atoms with van der Waals surface area (Å²) in [6.07, 6.45) is 0.626. The van der Waals surface area contributed by atoms with Gasteiger partial charge in [0.15, 0.2) is 0 Å². The van der Waals surface area contributed by atoms with Crippen molar-refractivity contribution < 1.29 is 19.0 Å². The smallest absolute Gasteiger partial charge is 0.338 e. The predicted octanol–water partition coefficient (Wildman–Crippen LogP) is 2.25. The quantitative estimate of drug-likeness (QED) is 0.632. The number of hydrogen-bond donors (Lipinski definition) is 1. The number of esters is 1. The third kappa shape index (κ3) is 4.44. The molecule has 0 aromatic heterocycles. The van der Waals surface area contributed by atoms with Crippen LogP contribution >= 0.6 is 0 Å². The lowest BCUT2D eigenvalue weighted by molar-refractivity contribution is -0.00564. The normalized spacial score (nSPS) is 11.2. The van der Waals surface area contributed by atoms with Crippen LogP contribution in [0.15, 0.2) is 18.2 Å². The summed E-state index contributed by atoms with van der Waals surface area (Å²) in [4.78, 5) is 11.8. The molecule has 0 amide bonds. The van der Waals surface area contributed by atoms with Gasteiger partial charge in [-0.15, -0.1) is 0 Å². The Bertz CT molecular complexity index is 443. The molecule has 0 bridgehead atoms. The van der Waals surface area contributed by atoms with Crippen LogP contribution in [-0.2, 0) is 9.47 Å². The van der Waals surface area contributed by atoms with Crippen LogP contribution in [0, 0.1) is 0 Å². The van der Waals surface area contributed by atoms with Gasteiger partial charge in [-0.3, -0.25) is 0 Å². The highest BCUT2D eigenvalue weighted by Crippen LogP contribution is 2.22. The van der Waals surface area contributed by atoms with Crippen LogP contribution in [0.3, 0.4) is 0 Å². The van der Waals surface area contributed by atoms with Crippen LogP contribution < -0.4 is 10.5 Å². The molecule has 1 rings (SSSR count). The minimum absolute atomic E-state index is 0.298. The molecule has 0 atom stereocenters. The van der Waals surface area contributed by atoms with Crippen LogP contribution in [0.25, 0.3) is 0 Å². The Balaban J connectivity index is 2.59. The number of carbonyl (C=O) groups is 1. The average molecular weight is 267 g/mol. The third-order valence-corrected chi connectivity index (χ3v) is 2.96. The molecule has 106 valence electrons. The highest BCUT2D eigenvalue weighted by Gasteiger charge is 2.17. The summed E-state index contributed by atoms with van der Waals surface area (Å²) in [6.45, 7) is 4.17. The number of anilines is 1. The minimum atomic E-state index is -0.398. The van der Waals surface area contributed by atoms with E-state index in [9.17, 15) is 4.79 Å². The van der Waals surface area contributed by atoms with E-state index < -0.39 is 5.97 Å². The van der Waals surface area contributed by atoms with Crippen LogP contribution in [0.5, 0.6) is 5.75 Å². The van der Waals surface area contributed by atoms with Gasteiger partial charge in [0.25, 0.3) is 0 Å². The van der Waals surface area contributed by atoms with Crippen molar-refractivity contribution in [1.82, 2.24) is 0 Å². The standard InChI is InChI=1S/C14H21NO4/c1-14(2,18-4)7-8-19-13(16)10-5-6-11(15)12(9-10)17-3/h5-6,9H,7-8,15H2,1-4H3. The number of ether oxygens (including phenoxy) is 3. The lowest BCUT2D eigenvalue weighted by Gasteiger charge is -2.22. The fourth-order valence-electron chi connectivity index (χ4n) is 1.41. The molecule has 0 saturated heterocycles. The van der Waals surface area contributed by atoms with Gasteiger partial charge in [0, 0.05) is 13.5 Å². The Morgan fingerprint density at radius 1 is 1.32 bits per heavy atom. The van der Waals surface area contributed by atoms with E-state index in [1.807, 2.05) is 13.8 Å². The Labute approximate surface area is 113 Å². The molecule has 1 aromatic carbocycles. The summed E-state index contributed by atoms with van der Waals surface area (Å²) >= 11 is 0. The molecule has 0 fully saturated rings. The van der Waals surface area contributed by atoms with E-state index in [0.717, 1.165) is 0 Å². The van der Waals surface area contributed by atoms with E-state index in [2.05, 4.69) is 0 Å². The maximum atomic E-state index is 11.8. The fraction of sp³-hybridized carbons (Fsp3) is 0.500. The summed E-state index contributed by atoms with van der Waals surface area (Å²) in [5.41, 5.74) is 6.28. The largest absolute Gasteiger partial charge is 0.495 e. The molecule has 0 spiro atoms. The molecular formula is C14H21NO4. The maximum absolute atomic E-state index is 11.8. The average Bonchev–Trinajstić information content (AvgIpc) is 2.39. The minimum Gasteiger partial charge on any atom is -0.495 e. The summed E-state index contributed by atoms with van der Waals surface area (Å²) in [5.74, 6) is 0.0666. The molecule has 0 aliphatic heterocycles.